The van der Waals surface area contributed by atoms with E-state index in [0.29, 0.717) is 27.5 Å². The lowest BCUT2D eigenvalue weighted by atomic mass is 10.3. The third kappa shape index (κ3) is 4.32. The van der Waals surface area contributed by atoms with Crippen LogP contribution in [0, 0.1) is 6.92 Å². The lowest BCUT2D eigenvalue weighted by Crippen LogP contribution is -2.03. The quantitative estimate of drug-likeness (QED) is 0.609. The number of aromatic nitrogens is 2. The van der Waals surface area contributed by atoms with Crippen molar-refractivity contribution in [1.29, 1.82) is 0 Å². The molecule has 2 N–H and O–H groups in total. The molecule has 3 rings (SSSR count). The maximum Gasteiger partial charge on any atom is 0.229 e. The van der Waals surface area contributed by atoms with Gasteiger partial charge in [0.25, 0.3) is 0 Å². The Labute approximate surface area is 156 Å². The first kappa shape index (κ1) is 17.3. The number of ether oxygens (including phenoxy) is 1. The van der Waals surface area contributed by atoms with Crippen LogP contribution < -0.4 is 15.4 Å². The molecule has 0 amide bonds. The number of aryl methyl sites for hydroxylation is 1. The van der Waals surface area contributed by atoms with Crippen LogP contribution in [0.25, 0.3) is 0 Å². The summed E-state index contributed by atoms with van der Waals surface area (Å²) in [6.07, 6.45) is 0. The van der Waals surface area contributed by atoms with E-state index in [1.165, 1.54) is 0 Å². The summed E-state index contributed by atoms with van der Waals surface area (Å²) in [5.41, 5.74) is 2.23. The van der Waals surface area contributed by atoms with Crippen LogP contribution in [0.3, 0.4) is 0 Å². The summed E-state index contributed by atoms with van der Waals surface area (Å²) in [5.74, 6) is 1.80. The molecule has 0 aliphatic rings. The molecule has 0 unspecified atom stereocenters. The molecule has 0 bridgehead atoms. The molecule has 1 aromatic heterocycles. The summed E-state index contributed by atoms with van der Waals surface area (Å²) in [5, 5.41) is 7.36. The number of anilines is 4. The molecule has 0 spiro atoms. The van der Waals surface area contributed by atoms with E-state index < -0.39 is 0 Å². The minimum Gasteiger partial charge on any atom is -0.497 e. The average Bonchev–Trinajstić information content (AvgIpc) is 2.58. The molecule has 5 nitrogen and oxygen atoms in total. The van der Waals surface area contributed by atoms with Gasteiger partial charge < -0.3 is 15.4 Å². The average molecular weight is 375 g/mol. The first-order valence-electron chi connectivity index (χ1n) is 7.53. The second kappa shape index (κ2) is 7.59. The molecule has 0 aliphatic heterocycles. The highest BCUT2D eigenvalue weighted by Crippen LogP contribution is 2.32. The lowest BCUT2D eigenvalue weighted by Gasteiger charge is -2.12. The fourth-order valence-corrected chi connectivity index (χ4v) is 2.76. The maximum absolute atomic E-state index is 6.20. The van der Waals surface area contributed by atoms with E-state index in [1.807, 2.05) is 37.3 Å². The molecular formula is C18H16Cl2N4O. The molecule has 25 heavy (non-hydrogen) atoms. The molecule has 0 saturated carbocycles. The third-order valence-corrected chi connectivity index (χ3v) is 4.03. The van der Waals surface area contributed by atoms with E-state index in [4.69, 9.17) is 27.9 Å². The molecule has 128 valence electrons. The molecular weight excluding hydrogens is 359 g/mol. The van der Waals surface area contributed by atoms with Crippen LogP contribution in [-0.4, -0.2) is 17.1 Å². The number of methoxy groups -OCH3 is 1. The molecule has 0 atom stereocenters. The fourth-order valence-electron chi connectivity index (χ4n) is 2.26. The fraction of sp³-hybridized carbons (Fsp3) is 0.111. The third-order valence-electron chi connectivity index (χ3n) is 3.40. The highest BCUT2D eigenvalue weighted by atomic mass is 35.5. The summed E-state index contributed by atoms with van der Waals surface area (Å²) in [6, 6.07) is 14.7. The van der Waals surface area contributed by atoms with Crippen LogP contribution in [0.1, 0.15) is 5.69 Å². The highest BCUT2D eigenvalue weighted by molar-refractivity contribution is 6.39. The van der Waals surface area contributed by atoms with Crippen molar-refractivity contribution < 1.29 is 4.74 Å². The summed E-state index contributed by atoms with van der Waals surface area (Å²) in [4.78, 5) is 8.87. The molecule has 3 aromatic rings. The van der Waals surface area contributed by atoms with Gasteiger partial charge in [-0.1, -0.05) is 35.3 Å². The molecule has 1 heterocycles. The summed E-state index contributed by atoms with van der Waals surface area (Å²) in [6.45, 7) is 1.89. The van der Waals surface area contributed by atoms with Crippen LogP contribution >= 0.6 is 23.2 Å². The van der Waals surface area contributed by atoms with E-state index in [0.717, 1.165) is 17.1 Å². The molecule has 7 heteroatoms. The summed E-state index contributed by atoms with van der Waals surface area (Å²) in [7, 11) is 1.62. The number of nitrogens with one attached hydrogen (secondary N) is 2. The van der Waals surface area contributed by atoms with Crippen molar-refractivity contribution in [3.05, 3.63) is 64.3 Å². The van der Waals surface area contributed by atoms with Crippen LogP contribution in [0.5, 0.6) is 5.75 Å². The first-order valence-corrected chi connectivity index (χ1v) is 8.28. The molecule has 0 radical (unpaired) electrons. The Morgan fingerprint density at radius 1 is 0.920 bits per heavy atom. The number of rotatable bonds is 5. The Hall–Kier alpha value is -2.50. The standard InChI is InChI=1S/C18H16Cl2N4O/c1-11-9-16(23-17-14(19)7-4-8-15(17)20)24-18(21-11)22-12-5-3-6-13(10-12)25-2/h3-10H,1-2H3,(H2,21,22,23,24). The SMILES string of the molecule is COc1cccc(Nc2nc(C)cc(Nc3c(Cl)cccc3Cl)n2)c1. The normalized spacial score (nSPS) is 10.4. The number of benzene rings is 2. The molecule has 0 aliphatic carbocycles. The Morgan fingerprint density at radius 2 is 1.64 bits per heavy atom. The van der Waals surface area contributed by atoms with Crippen molar-refractivity contribution >= 4 is 46.3 Å². The van der Waals surface area contributed by atoms with Gasteiger partial charge in [-0.2, -0.15) is 4.98 Å². The van der Waals surface area contributed by atoms with Crippen LogP contribution in [0.15, 0.2) is 48.5 Å². The van der Waals surface area contributed by atoms with Gasteiger partial charge in [-0.15, -0.1) is 0 Å². The Morgan fingerprint density at radius 3 is 2.36 bits per heavy atom. The van der Waals surface area contributed by atoms with Crippen LogP contribution in [0.2, 0.25) is 10.0 Å². The van der Waals surface area contributed by atoms with Crippen LogP contribution in [-0.2, 0) is 0 Å². The predicted octanol–water partition coefficient (Wildman–Crippen LogP) is 5.59. The minimum absolute atomic E-state index is 0.457. The van der Waals surface area contributed by atoms with Crippen molar-refractivity contribution in [2.45, 2.75) is 6.92 Å². The summed E-state index contributed by atoms with van der Waals surface area (Å²) < 4.78 is 5.22. The maximum atomic E-state index is 6.20. The van der Waals surface area contributed by atoms with Gasteiger partial charge in [0, 0.05) is 23.5 Å². The summed E-state index contributed by atoms with van der Waals surface area (Å²) >= 11 is 12.4. The van der Waals surface area contributed by atoms with E-state index in [9.17, 15) is 0 Å². The molecule has 0 saturated heterocycles. The zero-order chi connectivity index (χ0) is 17.8. The van der Waals surface area contributed by atoms with E-state index in [1.54, 1.807) is 25.3 Å². The van der Waals surface area contributed by atoms with Crippen molar-refractivity contribution in [3.8, 4) is 5.75 Å². The zero-order valence-corrected chi connectivity index (χ0v) is 15.2. The van der Waals surface area contributed by atoms with Gasteiger partial charge in [-0.05, 0) is 31.2 Å². The topological polar surface area (TPSA) is 59.1 Å². The van der Waals surface area contributed by atoms with E-state index in [2.05, 4.69) is 20.6 Å². The van der Waals surface area contributed by atoms with Gasteiger partial charge in [-0.25, -0.2) is 4.98 Å². The van der Waals surface area contributed by atoms with Crippen molar-refractivity contribution in [3.63, 3.8) is 0 Å². The Bertz CT molecular complexity index is 882. The number of hydrogen-bond acceptors (Lipinski definition) is 5. The molecule has 0 fully saturated rings. The lowest BCUT2D eigenvalue weighted by molar-refractivity contribution is 0.415. The Balaban J connectivity index is 1.87. The van der Waals surface area contributed by atoms with Gasteiger partial charge in [0.05, 0.1) is 22.8 Å². The first-order chi connectivity index (χ1) is 12.0. The van der Waals surface area contributed by atoms with Gasteiger partial charge >= 0.3 is 0 Å². The Kier molecular flexibility index (Phi) is 5.26. The van der Waals surface area contributed by atoms with Gasteiger partial charge in [-0.3, -0.25) is 0 Å². The zero-order valence-electron chi connectivity index (χ0n) is 13.7. The van der Waals surface area contributed by atoms with Crippen molar-refractivity contribution in [1.82, 2.24) is 9.97 Å². The smallest absolute Gasteiger partial charge is 0.229 e. The van der Waals surface area contributed by atoms with Gasteiger partial charge in [0.15, 0.2) is 0 Å². The van der Waals surface area contributed by atoms with Gasteiger partial charge in [0.2, 0.25) is 5.95 Å². The number of halogens is 2. The number of nitrogens with zero attached hydrogens (tertiary/aromatic N) is 2. The van der Waals surface area contributed by atoms with E-state index >= 15 is 0 Å². The molecule has 2 aromatic carbocycles. The highest BCUT2D eigenvalue weighted by Gasteiger charge is 2.09. The second-order valence-electron chi connectivity index (χ2n) is 5.30. The minimum atomic E-state index is 0.457. The van der Waals surface area contributed by atoms with Crippen LogP contribution in [0.4, 0.5) is 23.1 Å². The number of hydrogen-bond donors (Lipinski definition) is 2. The van der Waals surface area contributed by atoms with Crippen molar-refractivity contribution in [2.75, 3.05) is 17.7 Å². The van der Waals surface area contributed by atoms with E-state index in [-0.39, 0.29) is 0 Å². The van der Waals surface area contributed by atoms with Crippen molar-refractivity contribution in [2.24, 2.45) is 0 Å². The second-order valence-corrected chi connectivity index (χ2v) is 6.11. The number of para-hydroxylation sites is 1. The predicted molar refractivity (Wildman–Crippen MR) is 103 cm³/mol. The monoisotopic (exact) mass is 374 g/mol. The largest absolute Gasteiger partial charge is 0.497 e. The van der Waals surface area contributed by atoms with Gasteiger partial charge in [0.1, 0.15) is 11.6 Å².